The molecule has 0 radical (unpaired) electrons. The van der Waals surface area contributed by atoms with Crippen LogP contribution in [0.4, 0.5) is 0 Å². The van der Waals surface area contributed by atoms with Crippen molar-refractivity contribution in [1.82, 2.24) is 25.3 Å². The molecule has 0 atom stereocenters. The number of carbonyl (C=O) groups excluding carboxylic acids is 3. The van der Waals surface area contributed by atoms with E-state index in [0.717, 1.165) is 54.4 Å². The maximum Gasteiger partial charge on any atom is 0.488 e. The third-order valence-electron chi connectivity index (χ3n) is 11.8. The standard InChI is InChI=1S/C21H17N3O2.C11H11NO.C11H8O2.C10H8N2O2.C6H7BO2.C5H3BrO2/c1-14-19(11-16-8-5-9-22-20(16)24-14)21(25)23-12-18-10-17(13-26-18)15-6-3-2-4-7-15;2*12-7-11-6-10(8-13-11)9-4-2-1-3-5-9;1-6-8(10(13)14)5-7-3-2-4-11-9(7)12-6;8-7(9)6-4-2-1-3-5-6;6-4-1-5(2-7)8-3-4/h2-11,13H,12H2,1H3,(H,23,25);1-6,8H,7,12H2;1-8H;2-5H,1H3,(H,13,14);1-5,8-9H;1-3H. The normalized spacial score (nSPS) is 10.1. The number of aromatic carboxylic acids is 1. The van der Waals surface area contributed by atoms with Crippen LogP contribution in [0.3, 0.4) is 0 Å². The summed E-state index contributed by atoms with van der Waals surface area (Å²) in [4.78, 5) is 60.4. The van der Waals surface area contributed by atoms with Crippen molar-refractivity contribution < 1.29 is 52.0 Å². The van der Waals surface area contributed by atoms with E-state index < -0.39 is 13.1 Å². The summed E-state index contributed by atoms with van der Waals surface area (Å²) < 4.78 is 21.3. The number of carbonyl (C=O) groups is 4. The van der Waals surface area contributed by atoms with Gasteiger partial charge in [0.15, 0.2) is 35.4 Å². The van der Waals surface area contributed by atoms with Crippen molar-refractivity contribution in [2.24, 2.45) is 5.73 Å². The molecule has 0 saturated heterocycles. The maximum absolute atomic E-state index is 12.5. The number of pyridine rings is 4. The molecule has 0 saturated carbocycles. The first-order valence-corrected chi connectivity index (χ1v) is 26.2. The molecule has 416 valence electrons. The number of fused-ring (bicyclic) bond motifs is 2. The van der Waals surface area contributed by atoms with Gasteiger partial charge in [-0.15, -0.1) is 0 Å². The van der Waals surface area contributed by atoms with Crippen LogP contribution in [0.5, 0.6) is 0 Å². The largest absolute Gasteiger partial charge is 0.488 e. The molecule has 1 amide bonds. The van der Waals surface area contributed by atoms with Crippen molar-refractivity contribution in [2.45, 2.75) is 26.9 Å². The van der Waals surface area contributed by atoms with Crippen molar-refractivity contribution in [3.8, 4) is 33.4 Å². The Kier molecular flexibility index (Phi) is 22.6. The number of rotatable bonds is 11. The van der Waals surface area contributed by atoms with Crippen LogP contribution in [0.25, 0.3) is 55.4 Å². The number of carboxylic acid groups (broad SMARTS) is 1. The molecule has 0 aliphatic rings. The maximum atomic E-state index is 12.5. The lowest BCUT2D eigenvalue weighted by Crippen LogP contribution is -2.29. The molecule has 0 aliphatic carbocycles. The Labute approximate surface area is 485 Å². The van der Waals surface area contributed by atoms with Gasteiger partial charge in [0.25, 0.3) is 5.91 Å². The van der Waals surface area contributed by atoms with Crippen LogP contribution in [0.1, 0.15) is 64.7 Å². The minimum absolute atomic E-state index is 0.182. The number of benzene rings is 4. The molecule has 6 N–H and O–H groups in total. The lowest BCUT2D eigenvalue weighted by molar-refractivity contribution is 0.0695. The Bertz CT molecular complexity index is 3990. The second kappa shape index (κ2) is 31.0. The second-order valence-electron chi connectivity index (χ2n) is 17.7. The molecule has 0 fully saturated rings. The number of hydrogen-bond donors (Lipinski definition) is 5. The molecule has 0 aliphatic heterocycles. The fourth-order valence-electron chi connectivity index (χ4n) is 7.63. The van der Waals surface area contributed by atoms with Gasteiger partial charge < -0.3 is 43.9 Å². The molecule has 83 heavy (non-hydrogen) atoms. The van der Waals surface area contributed by atoms with E-state index in [2.05, 4.69) is 41.2 Å². The Morgan fingerprint density at radius 2 is 0.976 bits per heavy atom. The van der Waals surface area contributed by atoms with Crippen LogP contribution in [0.15, 0.2) is 242 Å². The van der Waals surface area contributed by atoms with Crippen molar-refractivity contribution in [2.75, 3.05) is 0 Å². The van der Waals surface area contributed by atoms with Crippen molar-refractivity contribution in [3.05, 3.63) is 269 Å². The van der Waals surface area contributed by atoms with Crippen molar-refractivity contribution in [1.29, 1.82) is 0 Å². The van der Waals surface area contributed by atoms with E-state index in [1.807, 2.05) is 134 Å². The highest BCUT2D eigenvalue weighted by atomic mass is 79.9. The van der Waals surface area contributed by atoms with Gasteiger partial charge in [-0.05, 0) is 107 Å². The van der Waals surface area contributed by atoms with E-state index in [1.54, 1.807) is 92.7 Å². The first-order chi connectivity index (χ1) is 40.3. The van der Waals surface area contributed by atoms with E-state index in [4.69, 9.17) is 38.6 Å². The monoisotopic (exact) mass is 1170 g/mol. The highest BCUT2D eigenvalue weighted by Crippen LogP contribution is 2.24. The van der Waals surface area contributed by atoms with Gasteiger partial charge in [0, 0.05) is 45.9 Å². The molecule has 8 heterocycles. The Morgan fingerprint density at radius 3 is 1.40 bits per heavy atom. The summed E-state index contributed by atoms with van der Waals surface area (Å²) in [6, 6.07) is 56.4. The molecule has 17 nitrogen and oxygen atoms in total. The van der Waals surface area contributed by atoms with E-state index in [9.17, 15) is 19.2 Å². The number of aldehydes is 2. The number of nitrogens with zero attached hydrogens (tertiary/aromatic N) is 4. The van der Waals surface area contributed by atoms with Crippen LogP contribution in [-0.2, 0) is 13.1 Å². The number of carboxylic acids is 1. The van der Waals surface area contributed by atoms with Gasteiger partial charge in [0.1, 0.15) is 17.8 Å². The van der Waals surface area contributed by atoms with E-state index in [-0.39, 0.29) is 11.5 Å². The van der Waals surface area contributed by atoms with Gasteiger partial charge in [0.2, 0.25) is 0 Å². The zero-order chi connectivity index (χ0) is 58.9. The van der Waals surface area contributed by atoms with Crippen LogP contribution < -0.4 is 16.5 Å². The molecule has 12 rings (SSSR count). The molecular weight excluding hydrogens is 1120 g/mol. The molecule has 4 aromatic carbocycles. The summed E-state index contributed by atoms with van der Waals surface area (Å²) in [5.41, 5.74) is 15.4. The van der Waals surface area contributed by atoms with Gasteiger partial charge in [-0.2, -0.15) is 0 Å². The predicted octanol–water partition coefficient (Wildman–Crippen LogP) is 12.2. The second-order valence-corrected chi connectivity index (χ2v) is 18.6. The van der Waals surface area contributed by atoms with Crippen LogP contribution in [0.2, 0.25) is 0 Å². The first kappa shape index (κ1) is 60.5. The lowest BCUT2D eigenvalue weighted by Gasteiger charge is -2.07. The number of halogens is 1. The SMILES string of the molecule is Cc1nc2ncccc2cc1C(=O)NCc1cc(-c2ccccc2)co1.Cc1nc2ncccc2cc1C(=O)O.NCc1cc(-c2ccccc2)co1.O=Cc1cc(-c2ccccc2)co1.O=Cc1cc(Br)co1.OB(O)c1ccccc1. The molecule has 0 unspecified atom stereocenters. The third kappa shape index (κ3) is 18.2. The van der Waals surface area contributed by atoms with Crippen molar-refractivity contribution >= 4 is 75.0 Å². The Balaban J connectivity index is 0.000000151. The number of furan rings is 4. The topological polar surface area (TPSA) is 271 Å². The van der Waals surface area contributed by atoms with Gasteiger partial charge in [-0.3, -0.25) is 14.4 Å². The molecule has 19 heteroatoms. The number of amides is 1. The van der Waals surface area contributed by atoms with Gasteiger partial charge in [0.05, 0.1) is 58.9 Å². The average Bonchev–Trinajstić information content (AvgIpc) is 4.52. The number of nitrogens with one attached hydrogen (secondary N) is 1. The zero-order valence-corrected chi connectivity index (χ0v) is 46.4. The summed E-state index contributed by atoms with van der Waals surface area (Å²) in [6.07, 6.45) is 11.2. The molecular formula is C64H54BBrN6O11. The summed E-state index contributed by atoms with van der Waals surface area (Å²) in [5.74, 6) is 1.08. The third-order valence-corrected chi connectivity index (χ3v) is 12.2. The van der Waals surface area contributed by atoms with E-state index in [0.29, 0.717) is 76.7 Å². The first-order valence-electron chi connectivity index (χ1n) is 25.4. The van der Waals surface area contributed by atoms with E-state index in [1.165, 1.54) is 6.26 Å². The smallest absolute Gasteiger partial charge is 0.478 e. The predicted molar refractivity (Wildman–Crippen MR) is 320 cm³/mol. The quantitative estimate of drug-likeness (QED) is 0.0595. The average molecular weight is 1170 g/mol. The molecule has 0 spiro atoms. The van der Waals surface area contributed by atoms with Gasteiger partial charge in [-0.25, -0.2) is 24.7 Å². The van der Waals surface area contributed by atoms with E-state index >= 15 is 0 Å². The van der Waals surface area contributed by atoms with Crippen LogP contribution in [0, 0.1) is 13.8 Å². The van der Waals surface area contributed by atoms with Gasteiger partial charge >= 0.3 is 13.1 Å². The number of hydrogen-bond acceptors (Lipinski definition) is 15. The summed E-state index contributed by atoms with van der Waals surface area (Å²) in [5, 5.41) is 30.5. The van der Waals surface area contributed by atoms with Crippen LogP contribution >= 0.6 is 15.9 Å². The number of aryl methyl sites for hydroxylation is 2. The highest BCUT2D eigenvalue weighted by Gasteiger charge is 2.14. The fourth-order valence-corrected chi connectivity index (χ4v) is 7.95. The number of aromatic nitrogens is 4. The summed E-state index contributed by atoms with van der Waals surface area (Å²) in [7, 11) is -1.34. The number of nitrogens with two attached hydrogens (primary N) is 1. The molecule has 0 bridgehead atoms. The Morgan fingerprint density at radius 1 is 0.542 bits per heavy atom. The Hall–Kier alpha value is -10.2. The van der Waals surface area contributed by atoms with Gasteiger partial charge in [-0.1, -0.05) is 121 Å². The van der Waals surface area contributed by atoms with Crippen LogP contribution in [-0.4, -0.2) is 66.7 Å². The molecule has 12 aromatic rings. The highest BCUT2D eigenvalue weighted by molar-refractivity contribution is 9.10. The van der Waals surface area contributed by atoms with Crippen molar-refractivity contribution in [3.63, 3.8) is 0 Å². The minimum Gasteiger partial charge on any atom is -0.478 e. The lowest BCUT2D eigenvalue weighted by atomic mass is 9.81. The summed E-state index contributed by atoms with van der Waals surface area (Å²) >= 11 is 3.12. The molecule has 8 aromatic heterocycles. The fraction of sp³-hybridized carbons (Fsp3) is 0.0625. The minimum atomic E-state index is -1.34. The summed E-state index contributed by atoms with van der Waals surface area (Å²) in [6.45, 7) is 4.24. The zero-order valence-electron chi connectivity index (χ0n) is 44.8.